The van der Waals surface area contributed by atoms with Crippen LogP contribution in [0.15, 0.2) is 29.7 Å². The van der Waals surface area contributed by atoms with Gasteiger partial charge in [-0.3, -0.25) is 4.79 Å². The second-order valence-corrected chi connectivity index (χ2v) is 4.92. The highest BCUT2D eigenvalue weighted by molar-refractivity contribution is 7.09. The van der Waals surface area contributed by atoms with Crippen molar-refractivity contribution in [3.63, 3.8) is 0 Å². The molecule has 2 N–H and O–H groups in total. The van der Waals surface area contributed by atoms with Crippen LogP contribution in [0.25, 0.3) is 0 Å². The van der Waals surface area contributed by atoms with Crippen LogP contribution in [0.5, 0.6) is 0 Å². The first-order chi connectivity index (χ1) is 7.75. The van der Waals surface area contributed by atoms with Crippen LogP contribution in [0.2, 0.25) is 0 Å². The maximum Gasteiger partial charge on any atom is 0.312 e. The van der Waals surface area contributed by atoms with Gasteiger partial charge in [-0.2, -0.15) is 0 Å². The zero-order chi connectivity index (χ0) is 11.4. The van der Waals surface area contributed by atoms with Gasteiger partial charge in [-0.05, 0) is 17.9 Å². The van der Waals surface area contributed by atoms with Gasteiger partial charge in [0.25, 0.3) is 0 Å². The normalized spacial score (nSPS) is 23.6. The van der Waals surface area contributed by atoms with Gasteiger partial charge in [-0.15, -0.1) is 11.3 Å². The molecule has 2 atom stereocenters. The van der Waals surface area contributed by atoms with Crippen molar-refractivity contribution >= 4 is 17.3 Å². The maximum atomic E-state index is 11.6. The molecule has 3 nitrogen and oxygen atoms in total. The summed E-state index contributed by atoms with van der Waals surface area (Å²) in [7, 11) is 0. The molecular weight excluding hydrogens is 222 g/mol. The summed E-state index contributed by atoms with van der Waals surface area (Å²) in [6.45, 7) is 0.457. The molecule has 1 aliphatic carbocycles. The summed E-state index contributed by atoms with van der Waals surface area (Å²) in [5, 5.41) is 2.02. The predicted octanol–water partition coefficient (Wildman–Crippen LogP) is 1.74. The minimum absolute atomic E-state index is 0.00912. The van der Waals surface area contributed by atoms with Crippen LogP contribution in [0, 0.1) is 5.92 Å². The molecule has 1 aliphatic rings. The van der Waals surface area contributed by atoms with Gasteiger partial charge in [0.15, 0.2) is 0 Å². The average Bonchev–Trinajstić information content (AvgIpc) is 2.89. The molecule has 1 heterocycles. The Labute approximate surface area is 98.9 Å². The third-order valence-electron chi connectivity index (χ3n) is 2.59. The van der Waals surface area contributed by atoms with Crippen molar-refractivity contribution in [3.8, 4) is 0 Å². The second kappa shape index (κ2) is 5.27. The molecule has 0 aliphatic heterocycles. The molecule has 0 saturated carbocycles. The lowest BCUT2D eigenvalue weighted by molar-refractivity contribution is -0.146. The molecule has 0 saturated heterocycles. The van der Waals surface area contributed by atoms with E-state index in [1.165, 1.54) is 4.88 Å². The van der Waals surface area contributed by atoms with E-state index in [0.717, 1.165) is 6.42 Å². The van der Waals surface area contributed by atoms with Gasteiger partial charge < -0.3 is 10.5 Å². The van der Waals surface area contributed by atoms with E-state index in [4.69, 9.17) is 10.5 Å². The number of hydrogen-bond acceptors (Lipinski definition) is 4. The van der Waals surface area contributed by atoms with E-state index < -0.39 is 0 Å². The Morgan fingerprint density at radius 1 is 1.56 bits per heavy atom. The van der Waals surface area contributed by atoms with E-state index in [2.05, 4.69) is 0 Å². The van der Waals surface area contributed by atoms with Crippen molar-refractivity contribution in [2.45, 2.75) is 18.9 Å². The Balaban J connectivity index is 1.70. The molecular formula is C12H15NO2S. The van der Waals surface area contributed by atoms with Gasteiger partial charge in [0.2, 0.25) is 0 Å². The van der Waals surface area contributed by atoms with Gasteiger partial charge in [-0.1, -0.05) is 18.2 Å². The van der Waals surface area contributed by atoms with Crippen LogP contribution in [0.4, 0.5) is 0 Å². The SMILES string of the molecule is NC1C=CC(C(=O)OCCc2cccs2)C1. The highest BCUT2D eigenvalue weighted by Crippen LogP contribution is 2.18. The van der Waals surface area contributed by atoms with Crippen LogP contribution in [0.1, 0.15) is 11.3 Å². The number of carbonyl (C=O) groups excluding carboxylic acids is 1. The van der Waals surface area contributed by atoms with Crippen LogP contribution >= 0.6 is 11.3 Å². The molecule has 0 bridgehead atoms. The number of nitrogens with two attached hydrogens (primary N) is 1. The standard InChI is InChI=1S/C12H15NO2S/c13-10-4-3-9(8-10)12(14)15-6-5-11-2-1-7-16-11/h1-4,7,9-10H,5-6,8,13H2. The number of ether oxygens (including phenoxy) is 1. The summed E-state index contributed by atoms with van der Waals surface area (Å²) in [4.78, 5) is 12.8. The molecule has 86 valence electrons. The monoisotopic (exact) mass is 237 g/mol. The molecule has 1 aromatic heterocycles. The summed E-state index contributed by atoms with van der Waals surface area (Å²) in [5.41, 5.74) is 5.68. The Kier molecular flexibility index (Phi) is 3.74. The van der Waals surface area contributed by atoms with Gasteiger partial charge in [0.1, 0.15) is 0 Å². The first-order valence-corrected chi connectivity index (χ1v) is 6.26. The maximum absolute atomic E-state index is 11.6. The topological polar surface area (TPSA) is 52.3 Å². The Morgan fingerprint density at radius 2 is 2.44 bits per heavy atom. The molecule has 0 radical (unpaired) electrons. The summed E-state index contributed by atoms with van der Waals surface area (Å²) in [6, 6.07) is 4.06. The largest absolute Gasteiger partial charge is 0.465 e. The lowest BCUT2D eigenvalue weighted by atomic mass is 10.1. The summed E-state index contributed by atoms with van der Waals surface area (Å²) in [6.07, 6.45) is 5.19. The smallest absolute Gasteiger partial charge is 0.312 e. The van der Waals surface area contributed by atoms with E-state index in [-0.39, 0.29) is 17.9 Å². The van der Waals surface area contributed by atoms with E-state index in [9.17, 15) is 4.79 Å². The van der Waals surface area contributed by atoms with Crippen LogP contribution in [0.3, 0.4) is 0 Å². The Morgan fingerprint density at radius 3 is 3.06 bits per heavy atom. The highest BCUT2D eigenvalue weighted by Gasteiger charge is 2.23. The van der Waals surface area contributed by atoms with Gasteiger partial charge in [0.05, 0.1) is 12.5 Å². The van der Waals surface area contributed by atoms with Crippen molar-refractivity contribution in [2.24, 2.45) is 11.7 Å². The Bertz CT molecular complexity index is 372. The molecule has 1 aromatic rings. The number of thiophene rings is 1. The van der Waals surface area contributed by atoms with Gasteiger partial charge >= 0.3 is 5.97 Å². The van der Waals surface area contributed by atoms with Crippen LogP contribution in [-0.2, 0) is 16.0 Å². The zero-order valence-electron chi connectivity index (χ0n) is 8.96. The fraction of sp³-hybridized carbons (Fsp3) is 0.417. The van der Waals surface area contributed by atoms with E-state index in [0.29, 0.717) is 13.0 Å². The lowest BCUT2D eigenvalue weighted by Crippen LogP contribution is -2.21. The van der Waals surface area contributed by atoms with E-state index in [1.807, 2.05) is 29.7 Å². The minimum atomic E-state index is -0.152. The molecule has 16 heavy (non-hydrogen) atoms. The summed E-state index contributed by atoms with van der Waals surface area (Å²) < 4.78 is 5.21. The molecule has 2 rings (SSSR count). The molecule has 0 fully saturated rings. The first-order valence-electron chi connectivity index (χ1n) is 5.38. The lowest BCUT2D eigenvalue weighted by Gasteiger charge is -2.09. The quantitative estimate of drug-likeness (QED) is 0.641. The Hall–Kier alpha value is -1.13. The van der Waals surface area contributed by atoms with Gasteiger partial charge in [0, 0.05) is 17.3 Å². The second-order valence-electron chi connectivity index (χ2n) is 3.89. The van der Waals surface area contributed by atoms with Crippen molar-refractivity contribution in [1.29, 1.82) is 0 Å². The summed E-state index contributed by atoms with van der Waals surface area (Å²) in [5.74, 6) is -0.293. The summed E-state index contributed by atoms with van der Waals surface area (Å²) >= 11 is 1.68. The van der Waals surface area contributed by atoms with Crippen molar-refractivity contribution in [1.82, 2.24) is 0 Å². The van der Waals surface area contributed by atoms with Crippen LogP contribution < -0.4 is 5.73 Å². The fourth-order valence-corrected chi connectivity index (χ4v) is 2.41. The molecule has 4 heteroatoms. The molecule has 0 aromatic carbocycles. The van der Waals surface area contributed by atoms with Crippen molar-refractivity contribution in [2.75, 3.05) is 6.61 Å². The average molecular weight is 237 g/mol. The minimum Gasteiger partial charge on any atom is -0.465 e. The first kappa shape index (κ1) is 11.4. The van der Waals surface area contributed by atoms with E-state index in [1.54, 1.807) is 11.3 Å². The van der Waals surface area contributed by atoms with E-state index >= 15 is 0 Å². The third kappa shape index (κ3) is 2.93. The third-order valence-corrected chi connectivity index (χ3v) is 3.53. The number of hydrogen-bond donors (Lipinski definition) is 1. The van der Waals surface area contributed by atoms with Crippen LogP contribution in [-0.4, -0.2) is 18.6 Å². The molecule has 0 spiro atoms. The van der Waals surface area contributed by atoms with Crippen molar-refractivity contribution in [3.05, 3.63) is 34.5 Å². The number of rotatable bonds is 4. The van der Waals surface area contributed by atoms with Gasteiger partial charge in [-0.25, -0.2) is 0 Å². The number of carbonyl (C=O) groups is 1. The predicted molar refractivity (Wildman–Crippen MR) is 64.2 cm³/mol. The molecule has 2 unspecified atom stereocenters. The zero-order valence-corrected chi connectivity index (χ0v) is 9.78. The van der Waals surface area contributed by atoms with Crippen molar-refractivity contribution < 1.29 is 9.53 Å². The molecule has 0 amide bonds. The fourth-order valence-electron chi connectivity index (χ4n) is 1.72. The highest BCUT2D eigenvalue weighted by atomic mass is 32.1. The number of esters is 1.